The van der Waals surface area contributed by atoms with E-state index >= 15 is 0 Å². The SMILES string of the molecule is COc1cc(Nc2ccc(C(F)(F)F)cc2)ccc1N. The number of alkyl halides is 3. The molecule has 0 aliphatic heterocycles. The van der Waals surface area contributed by atoms with Gasteiger partial charge in [-0.1, -0.05) is 0 Å². The van der Waals surface area contributed by atoms with Crippen LogP contribution in [0.2, 0.25) is 0 Å². The number of ether oxygens (including phenoxy) is 1. The summed E-state index contributed by atoms with van der Waals surface area (Å²) in [5.74, 6) is 0.502. The maximum absolute atomic E-state index is 12.4. The third kappa shape index (κ3) is 3.14. The van der Waals surface area contributed by atoms with Crippen LogP contribution in [0.15, 0.2) is 42.5 Å². The highest BCUT2D eigenvalue weighted by molar-refractivity contribution is 5.66. The van der Waals surface area contributed by atoms with E-state index in [0.29, 0.717) is 22.8 Å². The first-order valence-electron chi connectivity index (χ1n) is 5.78. The number of anilines is 3. The van der Waals surface area contributed by atoms with Crippen LogP contribution in [0, 0.1) is 0 Å². The molecule has 0 saturated heterocycles. The zero-order valence-electron chi connectivity index (χ0n) is 10.7. The summed E-state index contributed by atoms with van der Waals surface area (Å²) in [7, 11) is 1.49. The normalized spacial score (nSPS) is 11.2. The summed E-state index contributed by atoms with van der Waals surface area (Å²) in [6.07, 6.45) is -4.33. The van der Waals surface area contributed by atoms with Gasteiger partial charge in [-0.15, -0.1) is 0 Å². The Bertz CT molecular complexity index is 594. The van der Waals surface area contributed by atoms with Crippen molar-refractivity contribution >= 4 is 17.1 Å². The Kier molecular flexibility index (Phi) is 3.74. The minimum Gasteiger partial charge on any atom is -0.495 e. The fourth-order valence-electron chi connectivity index (χ4n) is 1.70. The van der Waals surface area contributed by atoms with Crippen molar-refractivity contribution in [3.63, 3.8) is 0 Å². The highest BCUT2D eigenvalue weighted by Crippen LogP contribution is 2.31. The van der Waals surface area contributed by atoms with Crippen LogP contribution in [0.3, 0.4) is 0 Å². The Morgan fingerprint density at radius 2 is 1.60 bits per heavy atom. The highest BCUT2D eigenvalue weighted by atomic mass is 19.4. The average molecular weight is 282 g/mol. The van der Waals surface area contributed by atoms with Crippen LogP contribution in [-0.2, 0) is 6.18 Å². The molecule has 0 aromatic heterocycles. The van der Waals surface area contributed by atoms with Crippen LogP contribution < -0.4 is 15.8 Å². The van der Waals surface area contributed by atoms with Gasteiger partial charge in [-0.2, -0.15) is 13.2 Å². The van der Waals surface area contributed by atoms with Crippen molar-refractivity contribution in [2.24, 2.45) is 0 Å². The number of nitrogen functional groups attached to an aromatic ring is 1. The number of nitrogens with two attached hydrogens (primary N) is 1. The van der Waals surface area contributed by atoms with Crippen LogP contribution >= 0.6 is 0 Å². The molecule has 6 heteroatoms. The number of hydrogen-bond acceptors (Lipinski definition) is 3. The van der Waals surface area contributed by atoms with Gasteiger partial charge in [-0.25, -0.2) is 0 Å². The molecule has 2 aromatic carbocycles. The second-order valence-electron chi connectivity index (χ2n) is 4.16. The lowest BCUT2D eigenvalue weighted by Gasteiger charge is -2.11. The van der Waals surface area contributed by atoms with Crippen molar-refractivity contribution in [1.82, 2.24) is 0 Å². The number of benzene rings is 2. The van der Waals surface area contributed by atoms with E-state index in [1.54, 1.807) is 18.2 Å². The van der Waals surface area contributed by atoms with Gasteiger partial charge in [0.15, 0.2) is 0 Å². The summed E-state index contributed by atoms with van der Waals surface area (Å²) in [5, 5.41) is 2.98. The van der Waals surface area contributed by atoms with Crippen LogP contribution in [0.5, 0.6) is 5.75 Å². The Morgan fingerprint density at radius 1 is 1.00 bits per heavy atom. The monoisotopic (exact) mass is 282 g/mol. The molecule has 106 valence electrons. The van der Waals surface area contributed by atoms with Crippen LogP contribution in [-0.4, -0.2) is 7.11 Å². The van der Waals surface area contributed by atoms with Crippen LogP contribution in [0.25, 0.3) is 0 Å². The minimum atomic E-state index is -4.33. The maximum atomic E-state index is 12.4. The first kappa shape index (κ1) is 14.0. The molecule has 0 spiro atoms. The molecule has 3 nitrogen and oxygen atoms in total. The minimum absolute atomic E-state index is 0.491. The van der Waals surface area contributed by atoms with E-state index in [-0.39, 0.29) is 0 Å². The van der Waals surface area contributed by atoms with Crippen LogP contribution in [0.4, 0.5) is 30.2 Å². The molecule has 0 atom stereocenters. The molecule has 0 fully saturated rings. The number of rotatable bonds is 3. The first-order valence-corrected chi connectivity index (χ1v) is 5.78. The van der Waals surface area contributed by atoms with Gasteiger partial charge in [0.2, 0.25) is 0 Å². The van der Waals surface area contributed by atoms with E-state index in [9.17, 15) is 13.2 Å². The number of halogens is 3. The molecular weight excluding hydrogens is 269 g/mol. The fraction of sp³-hybridized carbons (Fsp3) is 0.143. The van der Waals surface area contributed by atoms with Crippen LogP contribution in [0.1, 0.15) is 5.56 Å². The molecule has 0 aliphatic carbocycles. The molecule has 3 N–H and O–H groups in total. The number of methoxy groups -OCH3 is 1. The Labute approximate surface area is 114 Å². The summed E-state index contributed by atoms with van der Waals surface area (Å²) in [6, 6.07) is 9.83. The van der Waals surface area contributed by atoms with E-state index in [0.717, 1.165) is 12.1 Å². The summed E-state index contributed by atoms with van der Waals surface area (Å²) in [4.78, 5) is 0. The van der Waals surface area contributed by atoms with E-state index in [1.807, 2.05) is 0 Å². The quantitative estimate of drug-likeness (QED) is 0.835. The summed E-state index contributed by atoms with van der Waals surface area (Å²) in [5.41, 5.74) is 6.71. The zero-order chi connectivity index (χ0) is 14.8. The van der Waals surface area contributed by atoms with Gasteiger partial charge in [0.1, 0.15) is 5.75 Å². The average Bonchev–Trinajstić information content (AvgIpc) is 2.40. The summed E-state index contributed by atoms with van der Waals surface area (Å²) in [6.45, 7) is 0. The van der Waals surface area contributed by atoms with Crippen molar-refractivity contribution in [2.75, 3.05) is 18.2 Å². The maximum Gasteiger partial charge on any atom is 0.416 e. The van der Waals surface area contributed by atoms with Crippen molar-refractivity contribution < 1.29 is 17.9 Å². The molecule has 0 heterocycles. The van der Waals surface area contributed by atoms with Gasteiger partial charge >= 0.3 is 6.18 Å². The molecule has 0 unspecified atom stereocenters. The van der Waals surface area contributed by atoms with Gasteiger partial charge in [0.25, 0.3) is 0 Å². The number of hydrogen-bond donors (Lipinski definition) is 2. The van der Waals surface area contributed by atoms with Gasteiger partial charge in [0, 0.05) is 17.4 Å². The summed E-state index contributed by atoms with van der Waals surface area (Å²) < 4.78 is 42.4. The van der Waals surface area contributed by atoms with Crippen molar-refractivity contribution in [2.45, 2.75) is 6.18 Å². The third-order valence-electron chi connectivity index (χ3n) is 2.73. The zero-order valence-corrected chi connectivity index (χ0v) is 10.7. The summed E-state index contributed by atoms with van der Waals surface area (Å²) >= 11 is 0. The van der Waals surface area contributed by atoms with Crippen molar-refractivity contribution in [3.05, 3.63) is 48.0 Å². The molecule has 2 aromatic rings. The standard InChI is InChI=1S/C14H13F3N2O/c1-20-13-8-11(6-7-12(13)18)19-10-4-2-9(3-5-10)14(15,16)17/h2-8,19H,18H2,1H3. The smallest absolute Gasteiger partial charge is 0.416 e. The number of nitrogens with one attached hydrogen (secondary N) is 1. The van der Waals surface area contributed by atoms with Gasteiger partial charge in [-0.3, -0.25) is 0 Å². The Balaban J connectivity index is 2.18. The molecule has 0 amide bonds. The van der Waals surface area contributed by atoms with E-state index in [2.05, 4.69) is 5.32 Å². The Morgan fingerprint density at radius 3 is 2.15 bits per heavy atom. The van der Waals surface area contributed by atoms with E-state index in [4.69, 9.17) is 10.5 Å². The molecule has 0 saturated carbocycles. The van der Waals surface area contributed by atoms with Gasteiger partial charge in [0.05, 0.1) is 18.4 Å². The topological polar surface area (TPSA) is 47.3 Å². The second kappa shape index (κ2) is 5.32. The lowest BCUT2D eigenvalue weighted by Crippen LogP contribution is -2.04. The molecule has 20 heavy (non-hydrogen) atoms. The lowest BCUT2D eigenvalue weighted by atomic mass is 10.2. The Hall–Kier alpha value is -2.37. The van der Waals surface area contributed by atoms with Crippen molar-refractivity contribution in [1.29, 1.82) is 0 Å². The second-order valence-corrected chi connectivity index (χ2v) is 4.16. The molecule has 0 bridgehead atoms. The molecular formula is C14H13F3N2O. The highest BCUT2D eigenvalue weighted by Gasteiger charge is 2.29. The first-order chi connectivity index (χ1) is 9.40. The molecule has 0 aliphatic rings. The fourth-order valence-corrected chi connectivity index (χ4v) is 1.70. The van der Waals surface area contributed by atoms with Gasteiger partial charge in [-0.05, 0) is 36.4 Å². The van der Waals surface area contributed by atoms with E-state index in [1.165, 1.54) is 19.2 Å². The molecule has 2 rings (SSSR count). The van der Waals surface area contributed by atoms with E-state index < -0.39 is 11.7 Å². The van der Waals surface area contributed by atoms with Crippen molar-refractivity contribution in [3.8, 4) is 5.75 Å². The largest absolute Gasteiger partial charge is 0.495 e. The van der Waals surface area contributed by atoms with Gasteiger partial charge < -0.3 is 15.8 Å². The molecule has 0 radical (unpaired) electrons. The predicted molar refractivity (Wildman–Crippen MR) is 72.1 cm³/mol. The third-order valence-corrected chi connectivity index (χ3v) is 2.73. The predicted octanol–water partition coefficient (Wildman–Crippen LogP) is 4.04. The lowest BCUT2D eigenvalue weighted by molar-refractivity contribution is -0.137.